The van der Waals surface area contributed by atoms with Crippen molar-refractivity contribution in [1.82, 2.24) is 10.2 Å². The standard InChI is InChI=1S/C13H17F3N2/c1-9-2-3-11(14)10(8-9)12(13(15)16)18-6-4-17-5-7-18/h2-3,8,12-13,17H,4-7H2,1H3/t12-/m1/s1. The Labute approximate surface area is 105 Å². The number of benzene rings is 1. The summed E-state index contributed by atoms with van der Waals surface area (Å²) >= 11 is 0. The molecule has 1 aliphatic rings. The van der Waals surface area contributed by atoms with E-state index in [1.165, 1.54) is 12.1 Å². The summed E-state index contributed by atoms with van der Waals surface area (Å²) in [5, 5.41) is 3.11. The van der Waals surface area contributed by atoms with E-state index in [0.29, 0.717) is 26.2 Å². The number of halogens is 3. The van der Waals surface area contributed by atoms with Crippen molar-refractivity contribution in [2.24, 2.45) is 0 Å². The van der Waals surface area contributed by atoms with Gasteiger partial charge in [0, 0.05) is 31.7 Å². The minimum absolute atomic E-state index is 0.104. The van der Waals surface area contributed by atoms with Crippen molar-refractivity contribution in [3.05, 3.63) is 35.1 Å². The summed E-state index contributed by atoms with van der Waals surface area (Å²) < 4.78 is 40.3. The van der Waals surface area contributed by atoms with Crippen molar-refractivity contribution >= 4 is 0 Å². The van der Waals surface area contributed by atoms with Gasteiger partial charge in [0.2, 0.25) is 0 Å². The molecular weight excluding hydrogens is 241 g/mol. The smallest absolute Gasteiger partial charge is 0.258 e. The van der Waals surface area contributed by atoms with Gasteiger partial charge in [-0.3, -0.25) is 4.90 Å². The van der Waals surface area contributed by atoms with Crippen LogP contribution in [0, 0.1) is 12.7 Å². The fourth-order valence-electron chi connectivity index (χ4n) is 2.34. The minimum atomic E-state index is -2.58. The average molecular weight is 258 g/mol. The van der Waals surface area contributed by atoms with Crippen LogP contribution in [-0.4, -0.2) is 37.5 Å². The minimum Gasteiger partial charge on any atom is -0.314 e. The van der Waals surface area contributed by atoms with Gasteiger partial charge in [-0.2, -0.15) is 0 Å². The van der Waals surface area contributed by atoms with E-state index in [0.717, 1.165) is 5.56 Å². The third-order valence-corrected chi connectivity index (χ3v) is 3.25. The lowest BCUT2D eigenvalue weighted by molar-refractivity contribution is 0.0164. The molecule has 0 aromatic heterocycles. The molecule has 2 rings (SSSR count). The lowest BCUT2D eigenvalue weighted by Gasteiger charge is -2.34. The second kappa shape index (κ2) is 5.71. The van der Waals surface area contributed by atoms with Crippen molar-refractivity contribution < 1.29 is 13.2 Å². The van der Waals surface area contributed by atoms with Gasteiger partial charge in [0.25, 0.3) is 6.43 Å². The number of nitrogens with zero attached hydrogens (tertiary/aromatic N) is 1. The van der Waals surface area contributed by atoms with Crippen LogP contribution in [0.3, 0.4) is 0 Å². The molecule has 1 aliphatic heterocycles. The first kappa shape index (κ1) is 13.4. The summed E-state index contributed by atoms with van der Waals surface area (Å²) in [6, 6.07) is 3.24. The summed E-state index contributed by atoms with van der Waals surface area (Å²) in [5.41, 5.74) is 0.902. The third-order valence-electron chi connectivity index (χ3n) is 3.25. The second-order valence-corrected chi connectivity index (χ2v) is 4.59. The number of aryl methyl sites for hydroxylation is 1. The molecule has 0 saturated carbocycles. The highest BCUT2D eigenvalue weighted by Crippen LogP contribution is 2.30. The molecule has 0 aliphatic carbocycles. The fraction of sp³-hybridized carbons (Fsp3) is 0.538. The number of alkyl halides is 2. The van der Waals surface area contributed by atoms with Crippen molar-refractivity contribution in [2.75, 3.05) is 26.2 Å². The highest BCUT2D eigenvalue weighted by Gasteiger charge is 2.32. The van der Waals surface area contributed by atoms with Crippen molar-refractivity contribution in [3.63, 3.8) is 0 Å². The highest BCUT2D eigenvalue weighted by atomic mass is 19.3. The first-order chi connectivity index (χ1) is 8.59. The van der Waals surface area contributed by atoms with Gasteiger partial charge in [-0.15, -0.1) is 0 Å². The van der Waals surface area contributed by atoms with Crippen molar-refractivity contribution in [3.8, 4) is 0 Å². The molecule has 5 heteroatoms. The molecule has 1 aromatic carbocycles. The summed E-state index contributed by atoms with van der Waals surface area (Å²) in [4.78, 5) is 1.65. The normalized spacial score (nSPS) is 19.2. The SMILES string of the molecule is Cc1ccc(F)c([C@H](C(F)F)N2CCNCC2)c1. The topological polar surface area (TPSA) is 15.3 Å². The molecular formula is C13H17F3N2. The zero-order valence-electron chi connectivity index (χ0n) is 10.3. The summed E-state index contributed by atoms with van der Waals surface area (Å²) in [7, 11) is 0. The van der Waals surface area contributed by atoms with Crippen LogP contribution in [0.4, 0.5) is 13.2 Å². The van der Waals surface area contributed by atoms with E-state index < -0.39 is 18.3 Å². The van der Waals surface area contributed by atoms with E-state index >= 15 is 0 Å². The Kier molecular flexibility index (Phi) is 4.24. The molecule has 0 bridgehead atoms. The molecule has 1 fully saturated rings. The molecule has 100 valence electrons. The van der Waals surface area contributed by atoms with Gasteiger partial charge in [0.1, 0.15) is 5.82 Å². The van der Waals surface area contributed by atoms with Gasteiger partial charge >= 0.3 is 0 Å². The first-order valence-electron chi connectivity index (χ1n) is 6.08. The van der Waals surface area contributed by atoms with Gasteiger partial charge in [0.15, 0.2) is 0 Å². The van der Waals surface area contributed by atoms with Crippen molar-refractivity contribution in [2.45, 2.75) is 19.4 Å². The molecule has 1 saturated heterocycles. The maximum Gasteiger partial charge on any atom is 0.258 e. The van der Waals surface area contributed by atoms with Gasteiger partial charge in [-0.1, -0.05) is 17.7 Å². The van der Waals surface area contributed by atoms with Crippen LogP contribution < -0.4 is 5.32 Å². The predicted molar refractivity (Wildman–Crippen MR) is 64.3 cm³/mol. The van der Waals surface area contributed by atoms with E-state index in [4.69, 9.17) is 0 Å². The Morgan fingerprint density at radius 1 is 1.22 bits per heavy atom. The van der Waals surface area contributed by atoms with E-state index in [1.54, 1.807) is 17.9 Å². The van der Waals surface area contributed by atoms with Crippen molar-refractivity contribution in [1.29, 1.82) is 0 Å². The lowest BCUT2D eigenvalue weighted by Crippen LogP contribution is -2.47. The Bertz CT molecular complexity index is 403. The monoisotopic (exact) mass is 258 g/mol. The van der Waals surface area contributed by atoms with Crippen LogP contribution in [0.25, 0.3) is 0 Å². The van der Waals surface area contributed by atoms with Crippen LogP contribution in [-0.2, 0) is 0 Å². The number of piperazine rings is 1. The number of hydrogen-bond donors (Lipinski definition) is 1. The molecule has 1 aromatic rings. The molecule has 0 amide bonds. The highest BCUT2D eigenvalue weighted by molar-refractivity contribution is 5.27. The summed E-state index contributed by atoms with van der Waals surface area (Å²) in [6.07, 6.45) is -2.58. The average Bonchev–Trinajstić information content (AvgIpc) is 2.35. The predicted octanol–water partition coefficient (Wildman–Crippen LogP) is 2.35. The van der Waals surface area contributed by atoms with Gasteiger partial charge < -0.3 is 5.32 Å². The molecule has 1 heterocycles. The largest absolute Gasteiger partial charge is 0.314 e. The lowest BCUT2D eigenvalue weighted by atomic mass is 10.0. The van der Waals surface area contributed by atoms with E-state index in [1.807, 2.05) is 0 Å². The van der Waals surface area contributed by atoms with E-state index in [2.05, 4.69) is 5.32 Å². The van der Waals surface area contributed by atoms with E-state index in [9.17, 15) is 13.2 Å². The Balaban J connectivity index is 2.31. The van der Waals surface area contributed by atoms with E-state index in [-0.39, 0.29) is 5.56 Å². The molecule has 0 radical (unpaired) electrons. The van der Waals surface area contributed by atoms with Crippen LogP contribution in [0.5, 0.6) is 0 Å². The Morgan fingerprint density at radius 2 is 1.89 bits per heavy atom. The quantitative estimate of drug-likeness (QED) is 0.895. The second-order valence-electron chi connectivity index (χ2n) is 4.59. The fourth-order valence-corrected chi connectivity index (χ4v) is 2.34. The Morgan fingerprint density at radius 3 is 2.50 bits per heavy atom. The maximum atomic E-state index is 13.8. The first-order valence-corrected chi connectivity index (χ1v) is 6.08. The van der Waals surface area contributed by atoms with Gasteiger partial charge in [0.05, 0.1) is 6.04 Å². The van der Waals surface area contributed by atoms with Crippen LogP contribution in [0.1, 0.15) is 17.2 Å². The zero-order chi connectivity index (χ0) is 13.1. The molecule has 18 heavy (non-hydrogen) atoms. The molecule has 1 atom stereocenters. The number of rotatable bonds is 3. The van der Waals surface area contributed by atoms with Gasteiger partial charge in [-0.25, -0.2) is 13.2 Å². The summed E-state index contributed by atoms with van der Waals surface area (Å²) in [6.45, 7) is 4.14. The zero-order valence-corrected chi connectivity index (χ0v) is 10.3. The van der Waals surface area contributed by atoms with Crippen LogP contribution in [0.15, 0.2) is 18.2 Å². The molecule has 2 nitrogen and oxygen atoms in total. The molecule has 1 N–H and O–H groups in total. The maximum absolute atomic E-state index is 13.8. The molecule has 0 spiro atoms. The number of hydrogen-bond acceptors (Lipinski definition) is 2. The third kappa shape index (κ3) is 2.84. The molecule has 0 unspecified atom stereocenters. The van der Waals surface area contributed by atoms with Gasteiger partial charge in [-0.05, 0) is 13.0 Å². The Hall–Kier alpha value is -1.07. The number of nitrogens with one attached hydrogen (secondary N) is 1. The summed E-state index contributed by atoms with van der Waals surface area (Å²) in [5.74, 6) is -0.551. The van der Waals surface area contributed by atoms with Crippen LogP contribution in [0.2, 0.25) is 0 Å². The van der Waals surface area contributed by atoms with Crippen LogP contribution >= 0.6 is 0 Å².